The normalized spacial score (nSPS) is 10.6. The minimum Gasteiger partial charge on any atom is -0.461 e. The van der Waals surface area contributed by atoms with Crippen molar-refractivity contribution in [1.29, 1.82) is 0 Å². The van der Waals surface area contributed by atoms with E-state index in [4.69, 9.17) is 16.3 Å². The molecule has 0 aliphatic rings. The molecule has 0 saturated heterocycles. The first-order valence-electron chi connectivity index (χ1n) is 7.68. The Hall–Kier alpha value is -2.59. The Labute approximate surface area is 145 Å². The molecule has 0 aliphatic carbocycles. The highest BCUT2D eigenvalue weighted by atomic mass is 35.5. The van der Waals surface area contributed by atoms with E-state index in [1.807, 2.05) is 55.5 Å². The van der Waals surface area contributed by atoms with Crippen molar-refractivity contribution >= 4 is 17.6 Å². The zero-order chi connectivity index (χ0) is 17.1. The first kappa shape index (κ1) is 16.3. The van der Waals surface area contributed by atoms with E-state index >= 15 is 0 Å². The molecule has 5 heteroatoms. The van der Waals surface area contributed by atoms with Crippen molar-refractivity contribution in [2.24, 2.45) is 0 Å². The molecule has 122 valence electrons. The molecule has 24 heavy (non-hydrogen) atoms. The summed E-state index contributed by atoms with van der Waals surface area (Å²) in [5.74, 6) is -0.438. The summed E-state index contributed by atoms with van der Waals surface area (Å²) in [4.78, 5) is 12.1. The monoisotopic (exact) mass is 340 g/mol. The number of aryl methyl sites for hydroxylation is 1. The Balaban J connectivity index is 2.16. The van der Waals surface area contributed by atoms with Crippen LogP contribution < -0.4 is 0 Å². The maximum atomic E-state index is 12.1. The number of benzene rings is 2. The summed E-state index contributed by atoms with van der Waals surface area (Å²) in [6, 6.07) is 17.1. The highest BCUT2D eigenvalue weighted by Crippen LogP contribution is 2.27. The molecule has 3 rings (SSSR count). The molecule has 2 aromatic carbocycles. The van der Waals surface area contributed by atoms with Crippen LogP contribution in [0.5, 0.6) is 0 Å². The van der Waals surface area contributed by atoms with Crippen LogP contribution in [0.4, 0.5) is 0 Å². The maximum absolute atomic E-state index is 12.1. The number of carbonyl (C=O) groups excluding carboxylic acids is 1. The van der Waals surface area contributed by atoms with E-state index in [1.165, 1.54) is 0 Å². The van der Waals surface area contributed by atoms with Crippen LogP contribution in [0.2, 0.25) is 5.02 Å². The zero-order valence-electron chi connectivity index (χ0n) is 13.5. The number of ether oxygens (including phenoxy) is 1. The predicted molar refractivity (Wildman–Crippen MR) is 94.7 cm³/mol. The third-order valence-corrected chi connectivity index (χ3v) is 3.80. The lowest BCUT2D eigenvalue weighted by Gasteiger charge is -2.08. The second-order valence-electron chi connectivity index (χ2n) is 5.40. The summed E-state index contributed by atoms with van der Waals surface area (Å²) in [5.41, 5.74) is 3.92. The smallest absolute Gasteiger partial charge is 0.358 e. The number of nitrogens with zero attached hydrogens (tertiary/aromatic N) is 2. The molecule has 0 atom stereocenters. The molecule has 0 aliphatic heterocycles. The summed E-state index contributed by atoms with van der Waals surface area (Å²) in [5, 5.41) is 5.07. The lowest BCUT2D eigenvalue weighted by molar-refractivity contribution is 0.0519. The van der Waals surface area contributed by atoms with Crippen LogP contribution in [0, 0.1) is 6.92 Å². The topological polar surface area (TPSA) is 44.1 Å². The van der Waals surface area contributed by atoms with E-state index in [2.05, 4.69) is 5.10 Å². The molecule has 4 nitrogen and oxygen atoms in total. The average Bonchev–Trinajstić information content (AvgIpc) is 3.00. The van der Waals surface area contributed by atoms with Gasteiger partial charge in [-0.25, -0.2) is 9.48 Å². The minimum absolute atomic E-state index is 0.272. The third kappa shape index (κ3) is 3.34. The van der Waals surface area contributed by atoms with Gasteiger partial charge in [0.1, 0.15) is 0 Å². The second kappa shape index (κ2) is 6.89. The van der Waals surface area contributed by atoms with Crippen LogP contribution in [0.25, 0.3) is 16.9 Å². The standard InChI is InChI=1S/C19H17ClN2O2/c1-3-24-19(23)17-12-18(14-7-5-8-15(20)11-14)22(21-17)16-9-4-6-13(2)10-16/h4-12H,3H2,1-2H3. The van der Waals surface area contributed by atoms with Crippen molar-refractivity contribution in [3.05, 3.63) is 70.9 Å². The Bertz CT molecular complexity index is 824. The molecule has 0 N–H and O–H groups in total. The predicted octanol–water partition coefficient (Wildman–Crippen LogP) is 4.68. The number of esters is 1. The van der Waals surface area contributed by atoms with Gasteiger partial charge in [-0.2, -0.15) is 5.10 Å². The van der Waals surface area contributed by atoms with E-state index < -0.39 is 5.97 Å². The van der Waals surface area contributed by atoms with Crippen LogP contribution in [0.1, 0.15) is 23.0 Å². The van der Waals surface area contributed by atoms with Crippen LogP contribution in [0.3, 0.4) is 0 Å². The summed E-state index contributed by atoms with van der Waals surface area (Å²) < 4.78 is 6.82. The lowest BCUT2D eigenvalue weighted by atomic mass is 10.1. The highest BCUT2D eigenvalue weighted by molar-refractivity contribution is 6.30. The number of aromatic nitrogens is 2. The Morgan fingerprint density at radius 3 is 2.67 bits per heavy atom. The number of hydrogen-bond donors (Lipinski definition) is 0. The molecule has 0 fully saturated rings. The van der Waals surface area contributed by atoms with Gasteiger partial charge in [-0.1, -0.05) is 35.9 Å². The van der Waals surface area contributed by atoms with Gasteiger partial charge in [-0.15, -0.1) is 0 Å². The van der Waals surface area contributed by atoms with Gasteiger partial charge in [0.05, 0.1) is 18.0 Å². The van der Waals surface area contributed by atoms with Crippen molar-refractivity contribution < 1.29 is 9.53 Å². The SMILES string of the molecule is CCOC(=O)c1cc(-c2cccc(Cl)c2)n(-c2cccc(C)c2)n1. The van der Waals surface area contributed by atoms with Gasteiger partial charge in [-0.3, -0.25) is 0 Å². The van der Waals surface area contributed by atoms with Crippen molar-refractivity contribution in [2.45, 2.75) is 13.8 Å². The second-order valence-corrected chi connectivity index (χ2v) is 5.83. The summed E-state index contributed by atoms with van der Waals surface area (Å²) >= 11 is 6.12. The fourth-order valence-electron chi connectivity index (χ4n) is 2.50. The Kier molecular flexibility index (Phi) is 4.67. The molecule has 1 aromatic heterocycles. The largest absolute Gasteiger partial charge is 0.461 e. The van der Waals surface area contributed by atoms with Gasteiger partial charge in [0.25, 0.3) is 0 Å². The van der Waals surface area contributed by atoms with Crippen molar-refractivity contribution in [3.63, 3.8) is 0 Å². The number of rotatable bonds is 4. The first-order chi connectivity index (χ1) is 11.6. The molecule has 3 aromatic rings. The zero-order valence-corrected chi connectivity index (χ0v) is 14.2. The van der Waals surface area contributed by atoms with E-state index in [9.17, 15) is 4.79 Å². The van der Waals surface area contributed by atoms with Crippen molar-refractivity contribution in [3.8, 4) is 16.9 Å². The van der Waals surface area contributed by atoms with E-state index in [1.54, 1.807) is 17.7 Å². The molecule has 0 unspecified atom stereocenters. The van der Waals surface area contributed by atoms with Gasteiger partial charge < -0.3 is 4.74 Å². The fraction of sp³-hybridized carbons (Fsp3) is 0.158. The molecular weight excluding hydrogens is 324 g/mol. The third-order valence-electron chi connectivity index (χ3n) is 3.56. The van der Waals surface area contributed by atoms with Crippen LogP contribution in [-0.4, -0.2) is 22.4 Å². The molecule has 1 heterocycles. The number of carbonyl (C=O) groups is 1. The highest BCUT2D eigenvalue weighted by Gasteiger charge is 2.17. The van der Waals surface area contributed by atoms with Gasteiger partial charge in [-0.05, 0) is 49.7 Å². The molecule has 0 bridgehead atoms. The van der Waals surface area contributed by atoms with Gasteiger partial charge in [0.2, 0.25) is 0 Å². The van der Waals surface area contributed by atoms with E-state index in [0.717, 1.165) is 22.5 Å². The lowest BCUT2D eigenvalue weighted by Crippen LogP contribution is -2.06. The Morgan fingerprint density at radius 2 is 1.96 bits per heavy atom. The van der Waals surface area contributed by atoms with Crippen LogP contribution >= 0.6 is 11.6 Å². The average molecular weight is 341 g/mol. The minimum atomic E-state index is -0.438. The fourth-order valence-corrected chi connectivity index (χ4v) is 2.69. The van der Waals surface area contributed by atoms with Gasteiger partial charge in [0, 0.05) is 10.6 Å². The number of halogens is 1. The molecule has 0 saturated carbocycles. The van der Waals surface area contributed by atoms with E-state index in [-0.39, 0.29) is 5.69 Å². The quantitative estimate of drug-likeness (QED) is 0.648. The van der Waals surface area contributed by atoms with Gasteiger partial charge >= 0.3 is 5.97 Å². The van der Waals surface area contributed by atoms with Gasteiger partial charge in [0.15, 0.2) is 5.69 Å². The Morgan fingerprint density at radius 1 is 1.17 bits per heavy atom. The van der Waals surface area contributed by atoms with Crippen LogP contribution in [0.15, 0.2) is 54.6 Å². The summed E-state index contributed by atoms with van der Waals surface area (Å²) in [7, 11) is 0. The van der Waals surface area contributed by atoms with Crippen molar-refractivity contribution in [1.82, 2.24) is 9.78 Å². The van der Waals surface area contributed by atoms with Crippen LogP contribution in [-0.2, 0) is 4.74 Å². The van der Waals surface area contributed by atoms with Crippen molar-refractivity contribution in [2.75, 3.05) is 6.61 Å². The van der Waals surface area contributed by atoms with E-state index in [0.29, 0.717) is 11.6 Å². The molecule has 0 spiro atoms. The summed E-state index contributed by atoms with van der Waals surface area (Å²) in [6.07, 6.45) is 0. The maximum Gasteiger partial charge on any atom is 0.358 e. The summed E-state index contributed by atoms with van der Waals surface area (Å²) in [6.45, 7) is 4.09. The molecular formula is C19H17ClN2O2. The number of hydrogen-bond acceptors (Lipinski definition) is 3. The molecule has 0 radical (unpaired) electrons. The molecule has 0 amide bonds. The first-order valence-corrected chi connectivity index (χ1v) is 8.06.